The van der Waals surface area contributed by atoms with Crippen LogP contribution in [-0.2, 0) is 11.2 Å². The lowest BCUT2D eigenvalue weighted by molar-refractivity contribution is -0.115. The Morgan fingerprint density at radius 3 is 2.68 bits per heavy atom. The summed E-state index contributed by atoms with van der Waals surface area (Å²) in [6, 6.07) is 13.3. The topological polar surface area (TPSA) is 55.1 Å². The van der Waals surface area contributed by atoms with Gasteiger partial charge in [-0.15, -0.1) is 0 Å². The van der Waals surface area contributed by atoms with E-state index in [0.29, 0.717) is 17.8 Å². The van der Waals surface area contributed by atoms with Crippen molar-refractivity contribution in [2.75, 3.05) is 11.1 Å². The van der Waals surface area contributed by atoms with Crippen molar-refractivity contribution in [3.05, 3.63) is 58.1 Å². The molecule has 2 aromatic rings. The van der Waals surface area contributed by atoms with Crippen molar-refractivity contribution < 1.29 is 4.79 Å². The van der Waals surface area contributed by atoms with Crippen molar-refractivity contribution >= 4 is 33.2 Å². The predicted molar refractivity (Wildman–Crippen MR) is 82.1 cm³/mol. The maximum atomic E-state index is 12.0. The molecule has 4 heteroatoms. The number of benzene rings is 2. The number of carbonyl (C=O) groups excluding carboxylic acids is 1. The third-order valence-corrected chi connectivity index (χ3v) is 3.32. The molecule has 0 aliphatic heterocycles. The van der Waals surface area contributed by atoms with Crippen LogP contribution in [0, 0.1) is 6.92 Å². The van der Waals surface area contributed by atoms with Crippen molar-refractivity contribution in [2.45, 2.75) is 13.3 Å². The molecule has 0 fully saturated rings. The SMILES string of the molecule is Cc1cccc(N)c1NC(=O)Cc1cccc(Br)c1. The first-order valence-electron chi connectivity index (χ1n) is 5.95. The van der Waals surface area contributed by atoms with E-state index in [2.05, 4.69) is 21.2 Å². The van der Waals surface area contributed by atoms with Gasteiger partial charge in [0.15, 0.2) is 0 Å². The Kier molecular flexibility index (Phi) is 4.22. The third kappa shape index (κ3) is 3.58. The molecule has 0 heterocycles. The number of nitrogen functional groups attached to an aromatic ring is 1. The molecule has 0 atom stereocenters. The number of anilines is 2. The molecule has 3 nitrogen and oxygen atoms in total. The lowest BCUT2D eigenvalue weighted by Crippen LogP contribution is -2.16. The van der Waals surface area contributed by atoms with Crippen LogP contribution in [0.25, 0.3) is 0 Å². The van der Waals surface area contributed by atoms with Gasteiger partial charge in [0.05, 0.1) is 17.8 Å². The zero-order chi connectivity index (χ0) is 13.8. The number of para-hydroxylation sites is 1. The van der Waals surface area contributed by atoms with Gasteiger partial charge in [-0.2, -0.15) is 0 Å². The maximum absolute atomic E-state index is 12.0. The summed E-state index contributed by atoms with van der Waals surface area (Å²) in [4.78, 5) is 12.0. The Balaban J connectivity index is 2.10. The molecule has 19 heavy (non-hydrogen) atoms. The Bertz CT molecular complexity index is 591. The Labute approximate surface area is 121 Å². The van der Waals surface area contributed by atoms with Crippen molar-refractivity contribution in [3.8, 4) is 0 Å². The maximum Gasteiger partial charge on any atom is 0.228 e. The van der Waals surface area contributed by atoms with Crippen LogP contribution in [0.15, 0.2) is 46.9 Å². The number of rotatable bonds is 3. The number of nitrogens with two attached hydrogens (primary N) is 1. The molecule has 0 saturated heterocycles. The standard InChI is InChI=1S/C15H15BrN2O/c1-10-4-2-7-13(17)15(10)18-14(19)9-11-5-3-6-12(16)8-11/h2-8H,9,17H2,1H3,(H,18,19). The summed E-state index contributed by atoms with van der Waals surface area (Å²) in [5.41, 5.74) is 9.07. The number of hydrogen-bond donors (Lipinski definition) is 2. The van der Waals surface area contributed by atoms with Gasteiger partial charge in [0.1, 0.15) is 0 Å². The van der Waals surface area contributed by atoms with E-state index in [9.17, 15) is 4.79 Å². The van der Waals surface area contributed by atoms with E-state index in [1.807, 2.05) is 43.3 Å². The van der Waals surface area contributed by atoms with Crippen molar-refractivity contribution in [1.82, 2.24) is 0 Å². The van der Waals surface area contributed by atoms with Crippen LogP contribution in [0.5, 0.6) is 0 Å². The normalized spacial score (nSPS) is 10.2. The molecule has 98 valence electrons. The fraction of sp³-hybridized carbons (Fsp3) is 0.133. The molecule has 0 bridgehead atoms. The molecular weight excluding hydrogens is 304 g/mol. The fourth-order valence-electron chi connectivity index (χ4n) is 1.88. The molecule has 0 aliphatic carbocycles. The first kappa shape index (κ1) is 13.6. The summed E-state index contributed by atoms with van der Waals surface area (Å²) < 4.78 is 0.966. The van der Waals surface area contributed by atoms with E-state index in [1.165, 1.54) is 0 Å². The molecule has 1 amide bonds. The number of aryl methyl sites for hydroxylation is 1. The van der Waals surface area contributed by atoms with Gasteiger partial charge in [-0.05, 0) is 36.2 Å². The van der Waals surface area contributed by atoms with Crippen LogP contribution in [0.3, 0.4) is 0 Å². The quantitative estimate of drug-likeness (QED) is 0.851. The number of carbonyl (C=O) groups is 1. The molecule has 2 rings (SSSR count). The zero-order valence-corrected chi connectivity index (χ0v) is 12.2. The number of halogens is 1. The van der Waals surface area contributed by atoms with Gasteiger partial charge in [0.2, 0.25) is 5.91 Å². The molecule has 0 aromatic heterocycles. The summed E-state index contributed by atoms with van der Waals surface area (Å²) in [5, 5.41) is 2.87. The minimum Gasteiger partial charge on any atom is -0.397 e. The van der Waals surface area contributed by atoms with E-state index in [1.54, 1.807) is 6.07 Å². The highest BCUT2D eigenvalue weighted by Crippen LogP contribution is 2.22. The largest absolute Gasteiger partial charge is 0.397 e. The van der Waals surface area contributed by atoms with Crippen molar-refractivity contribution in [1.29, 1.82) is 0 Å². The first-order chi connectivity index (χ1) is 9.06. The van der Waals surface area contributed by atoms with Crippen LogP contribution >= 0.6 is 15.9 Å². The summed E-state index contributed by atoms with van der Waals surface area (Å²) in [5.74, 6) is -0.0703. The Hall–Kier alpha value is -1.81. The number of amides is 1. The summed E-state index contributed by atoms with van der Waals surface area (Å²) in [6.45, 7) is 1.92. The van der Waals surface area contributed by atoms with Gasteiger partial charge in [-0.1, -0.05) is 40.2 Å². The second-order valence-corrected chi connectivity index (χ2v) is 5.31. The predicted octanol–water partition coefficient (Wildman–Crippen LogP) is 3.52. The van der Waals surface area contributed by atoms with Crippen LogP contribution in [-0.4, -0.2) is 5.91 Å². The van der Waals surface area contributed by atoms with Crippen LogP contribution in [0.1, 0.15) is 11.1 Å². The monoisotopic (exact) mass is 318 g/mol. The molecule has 0 saturated carbocycles. The molecule has 0 radical (unpaired) electrons. The number of nitrogens with one attached hydrogen (secondary N) is 1. The minimum atomic E-state index is -0.0703. The van der Waals surface area contributed by atoms with E-state index in [0.717, 1.165) is 15.6 Å². The lowest BCUT2D eigenvalue weighted by Gasteiger charge is -2.11. The average Bonchev–Trinajstić information content (AvgIpc) is 2.34. The highest BCUT2D eigenvalue weighted by Gasteiger charge is 2.08. The minimum absolute atomic E-state index is 0.0703. The van der Waals surface area contributed by atoms with Gasteiger partial charge >= 0.3 is 0 Å². The molecule has 0 aliphatic rings. The zero-order valence-electron chi connectivity index (χ0n) is 10.6. The fourth-order valence-corrected chi connectivity index (χ4v) is 2.32. The molecule has 2 aromatic carbocycles. The van der Waals surface area contributed by atoms with E-state index in [4.69, 9.17) is 5.73 Å². The van der Waals surface area contributed by atoms with Crippen LogP contribution in [0.4, 0.5) is 11.4 Å². The van der Waals surface area contributed by atoms with Crippen molar-refractivity contribution in [3.63, 3.8) is 0 Å². The van der Waals surface area contributed by atoms with Gasteiger partial charge in [0.25, 0.3) is 0 Å². The van der Waals surface area contributed by atoms with E-state index >= 15 is 0 Å². The third-order valence-electron chi connectivity index (χ3n) is 2.82. The van der Waals surface area contributed by atoms with E-state index in [-0.39, 0.29) is 5.91 Å². The van der Waals surface area contributed by atoms with Gasteiger partial charge in [0, 0.05) is 4.47 Å². The smallest absolute Gasteiger partial charge is 0.228 e. The second kappa shape index (κ2) is 5.89. The van der Waals surface area contributed by atoms with Gasteiger partial charge in [-0.3, -0.25) is 4.79 Å². The average molecular weight is 319 g/mol. The van der Waals surface area contributed by atoms with Gasteiger partial charge in [-0.25, -0.2) is 0 Å². The molecule has 0 unspecified atom stereocenters. The summed E-state index contributed by atoms with van der Waals surface area (Å²) >= 11 is 3.39. The highest BCUT2D eigenvalue weighted by molar-refractivity contribution is 9.10. The highest BCUT2D eigenvalue weighted by atomic mass is 79.9. The molecular formula is C15H15BrN2O. The van der Waals surface area contributed by atoms with Crippen LogP contribution < -0.4 is 11.1 Å². The molecule has 3 N–H and O–H groups in total. The Morgan fingerprint density at radius 1 is 1.26 bits per heavy atom. The Morgan fingerprint density at radius 2 is 2.00 bits per heavy atom. The summed E-state index contributed by atoms with van der Waals surface area (Å²) in [6.07, 6.45) is 0.327. The lowest BCUT2D eigenvalue weighted by atomic mass is 10.1. The van der Waals surface area contributed by atoms with Gasteiger partial charge < -0.3 is 11.1 Å². The van der Waals surface area contributed by atoms with E-state index < -0.39 is 0 Å². The number of hydrogen-bond acceptors (Lipinski definition) is 2. The first-order valence-corrected chi connectivity index (χ1v) is 6.75. The second-order valence-electron chi connectivity index (χ2n) is 4.39. The molecule has 0 spiro atoms. The van der Waals surface area contributed by atoms with Crippen molar-refractivity contribution in [2.24, 2.45) is 0 Å². The van der Waals surface area contributed by atoms with Crippen LogP contribution in [0.2, 0.25) is 0 Å². The summed E-state index contributed by atoms with van der Waals surface area (Å²) in [7, 11) is 0.